The van der Waals surface area contributed by atoms with E-state index in [0.717, 1.165) is 5.75 Å². The van der Waals surface area contributed by atoms with Gasteiger partial charge in [0.25, 0.3) is 10.2 Å². The molecule has 1 N–H and O–H groups in total. The molecule has 0 unspecified atom stereocenters. The molecule has 0 aromatic heterocycles. The first-order chi connectivity index (χ1) is 12.6. The number of carbonyl (C=O) groups excluding carboxylic acids is 1. The van der Waals surface area contributed by atoms with Gasteiger partial charge in [-0.3, -0.25) is 4.79 Å². The summed E-state index contributed by atoms with van der Waals surface area (Å²) in [5, 5.41) is 2.98. The number of ether oxygens (including phenoxy) is 1. The van der Waals surface area contributed by atoms with Crippen LogP contribution in [0, 0.1) is 19.8 Å². The molecule has 0 bridgehead atoms. The molecule has 1 aliphatic heterocycles. The fraction of sp³-hybridized carbons (Fsp3) is 0.632. The van der Waals surface area contributed by atoms with Gasteiger partial charge in [0, 0.05) is 33.1 Å². The van der Waals surface area contributed by atoms with E-state index in [-0.39, 0.29) is 17.9 Å². The van der Waals surface area contributed by atoms with Gasteiger partial charge in [-0.1, -0.05) is 6.07 Å². The van der Waals surface area contributed by atoms with Crippen molar-refractivity contribution in [2.75, 3.05) is 33.8 Å². The summed E-state index contributed by atoms with van der Waals surface area (Å²) in [6.45, 7) is 7.12. The standard InChI is InChI=1S/C19H31N3O4S/c1-14-6-7-18(12-15(14)2)26-13-16(3)20-19(23)17-8-10-22(11-9-17)27(24,25)21(4)5/h6-7,12,16-17H,8-11,13H2,1-5H3,(H,20,23)/t16-/m1/s1. The fourth-order valence-electron chi connectivity index (χ4n) is 3.01. The number of nitrogens with one attached hydrogen (secondary N) is 1. The second-order valence-electron chi connectivity index (χ2n) is 7.43. The Hall–Kier alpha value is -1.64. The maximum absolute atomic E-state index is 12.5. The van der Waals surface area contributed by atoms with Gasteiger partial charge in [0.05, 0.1) is 6.04 Å². The fourth-order valence-corrected chi connectivity index (χ4v) is 4.14. The molecule has 1 aromatic carbocycles. The summed E-state index contributed by atoms with van der Waals surface area (Å²) in [6.07, 6.45) is 1.06. The van der Waals surface area contributed by atoms with Gasteiger partial charge in [-0.15, -0.1) is 0 Å². The number of carbonyl (C=O) groups is 1. The lowest BCUT2D eigenvalue weighted by atomic mass is 9.97. The van der Waals surface area contributed by atoms with Crippen molar-refractivity contribution >= 4 is 16.1 Å². The molecule has 1 aromatic rings. The average molecular weight is 398 g/mol. The van der Waals surface area contributed by atoms with E-state index in [2.05, 4.69) is 12.2 Å². The minimum Gasteiger partial charge on any atom is -0.491 e. The van der Waals surface area contributed by atoms with Crippen molar-refractivity contribution < 1.29 is 17.9 Å². The predicted octanol–water partition coefficient (Wildman–Crippen LogP) is 1.71. The molecule has 1 aliphatic rings. The molecule has 0 radical (unpaired) electrons. The van der Waals surface area contributed by atoms with Gasteiger partial charge in [0.2, 0.25) is 5.91 Å². The van der Waals surface area contributed by atoms with Crippen molar-refractivity contribution in [2.45, 2.75) is 39.7 Å². The van der Waals surface area contributed by atoms with Gasteiger partial charge < -0.3 is 10.1 Å². The zero-order chi connectivity index (χ0) is 20.2. The number of hydrogen-bond donors (Lipinski definition) is 1. The van der Waals surface area contributed by atoms with Crippen LogP contribution in [0.5, 0.6) is 5.75 Å². The second-order valence-corrected chi connectivity index (χ2v) is 9.57. The van der Waals surface area contributed by atoms with Crippen molar-refractivity contribution in [1.82, 2.24) is 13.9 Å². The molecule has 1 heterocycles. The van der Waals surface area contributed by atoms with E-state index < -0.39 is 10.2 Å². The van der Waals surface area contributed by atoms with Crippen LogP contribution in [-0.2, 0) is 15.0 Å². The van der Waals surface area contributed by atoms with Crippen molar-refractivity contribution in [2.24, 2.45) is 5.92 Å². The third-order valence-corrected chi connectivity index (χ3v) is 6.92. The van der Waals surface area contributed by atoms with E-state index in [1.807, 2.05) is 32.0 Å². The summed E-state index contributed by atoms with van der Waals surface area (Å²) >= 11 is 0. The van der Waals surface area contributed by atoms with Crippen molar-refractivity contribution in [3.8, 4) is 5.75 Å². The van der Waals surface area contributed by atoms with E-state index in [4.69, 9.17) is 4.74 Å². The first-order valence-corrected chi connectivity index (χ1v) is 10.7. The summed E-state index contributed by atoms with van der Waals surface area (Å²) in [4.78, 5) is 12.5. The molecule has 1 amide bonds. The molecule has 27 heavy (non-hydrogen) atoms. The molecule has 1 saturated heterocycles. The van der Waals surface area contributed by atoms with Gasteiger partial charge in [0.15, 0.2) is 0 Å². The lowest BCUT2D eigenvalue weighted by Crippen LogP contribution is -2.48. The minimum absolute atomic E-state index is 0.0342. The van der Waals surface area contributed by atoms with E-state index in [9.17, 15) is 13.2 Å². The maximum atomic E-state index is 12.5. The summed E-state index contributed by atoms with van der Waals surface area (Å²) in [6, 6.07) is 5.81. The third-order valence-electron chi connectivity index (χ3n) is 4.98. The van der Waals surface area contributed by atoms with E-state index in [1.54, 1.807) is 0 Å². The van der Waals surface area contributed by atoms with Crippen LogP contribution in [0.15, 0.2) is 18.2 Å². The molecule has 7 nitrogen and oxygen atoms in total. The predicted molar refractivity (Wildman–Crippen MR) is 106 cm³/mol. The number of nitrogens with zero attached hydrogens (tertiary/aromatic N) is 2. The van der Waals surface area contributed by atoms with Crippen LogP contribution in [0.1, 0.15) is 30.9 Å². The largest absolute Gasteiger partial charge is 0.491 e. The van der Waals surface area contributed by atoms with E-state index >= 15 is 0 Å². The lowest BCUT2D eigenvalue weighted by molar-refractivity contribution is -0.126. The van der Waals surface area contributed by atoms with E-state index in [1.165, 1.54) is 33.8 Å². The SMILES string of the molecule is Cc1ccc(OC[C@@H](C)NC(=O)C2CCN(S(=O)(=O)N(C)C)CC2)cc1C. The maximum Gasteiger partial charge on any atom is 0.281 e. The van der Waals surface area contributed by atoms with Gasteiger partial charge >= 0.3 is 0 Å². The molecule has 1 atom stereocenters. The summed E-state index contributed by atoms with van der Waals surface area (Å²) in [7, 11) is -0.365. The molecule has 0 aliphatic carbocycles. The van der Waals surface area contributed by atoms with Gasteiger partial charge in [-0.2, -0.15) is 17.0 Å². The van der Waals surface area contributed by atoms with Crippen LogP contribution in [0.2, 0.25) is 0 Å². The Morgan fingerprint density at radius 2 is 1.89 bits per heavy atom. The number of aryl methyl sites for hydroxylation is 2. The number of benzene rings is 1. The topological polar surface area (TPSA) is 79.0 Å². The van der Waals surface area contributed by atoms with Crippen LogP contribution >= 0.6 is 0 Å². The highest BCUT2D eigenvalue weighted by atomic mass is 32.2. The highest BCUT2D eigenvalue weighted by molar-refractivity contribution is 7.86. The van der Waals surface area contributed by atoms with Crippen molar-refractivity contribution in [3.05, 3.63) is 29.3 Å². The first-order valence-electron chi connectivity index (χ1n) is 9.29. The monoisotopic (exact) mass is 397 g/mol. The second kappa shape index (κ2) is 9.03. The molecular weight excluding hydrogens is 366 g/mol. The zero-order valence-corrected chi connectivity index (χ0v) is 17.7. The molecule has 152 valence electrons. The Bertz CT molecular complexity index is 756. The molecule has 1 fully saturated rings. The smallest absolute Gasteiger partial charge is 0.281 e. The Balaban J connectivity index is 1.79. The van der Waals surface area contributed by atoms with Crippen LogP contribution in [0.25, 0.3) is 0 Å². The van der Waals surface area contributed by atoms with Crippen molar-refractivity contribution in [1.29, 1.82) is 0 Å². The zero-order valence-electron chi connectivity index (χ0n) is 16.9. The average Bonchev–Trinajstić information content (AvgIpc) is 2.62. The summed E-state index contributed by atoms with van der Waals surface area (Å²) in [5.41, 5.74) is 2.38. The van der Waals surface area contributed by atoms with Crippen LogP contribution < -0.4 is 10.1 Å². The Kier molecular flexibility index (Phi) is 7.25. The van der Waals surface area contributed by atoms with E-state index in [0.29, 0.717) is 32.5 Å². The number of amides is 1. The Morgan fingerprint density at radius 3 is 2.44 bits per heavy atom. The molecule has 0 spiro atoms. The van der Waals surface area contributed by atoms with Crippen LogP contribution in [0.4, 0.5) is 0 Å². The number of hydrogen-bond acceptors (Lipinski definition) is 4. The first kappa shape index (κ1) is 21.7. The Labute approximate surface area is 162 Å². The molecule has 8 heteroatoms. The van der Waals surface area contributed by atoms with Crippen LogP contribution in [0.3, 0.4) is 0 Å². The number of rotatable bonds is 7. The van der Waals surface area contributed by atoms with Gasteiger partial charge in [-0.25, -0.2) is 0 Å². The molecule has 0 saturated carbocycles. The highest BCUT2D eigenvalue weighted by Gasteiger charge is 2.32. The summed E-state index contributed by atoms with van der Waals surface area (Å²) < 4.78 is 32.7. The third kappa shape index (κ3) is 5.67. The number of piperidine rings is 1. The Morgan fingerprint density at radius 1 is 1.26 bits per heavy atom. The normalized spacial score (nSPS) is 17.7. The quantitative estimate of drug-likeness (QED) is 0.760. The van der Waals surface area contributed by atoms with Crippen molar-refractivity contribution in [3.63, 3.8) is 0 Å². The lowest BCUT2D eigenvalue weighted by Gasteiger charge is -2.32. The van der Waals surface area contributed by atoms with Gasteiger partial charge in [-0.05, 0) is 56.9 Å². The minimum atomic E-state index is -3.40. The van der Waals surface area contributed by atoms with Crippen LogP contribution in [-0.4, -0.2) is 62.8 Å². The molecular formula is C19H31N3O4S. The summed E-state index contributed by atoms with van der Waals surface area (Å²) in [5.74, 6) is 0.595. The van der Waals surface area contributed by atoms with Gasteiger partial charge in [0.1, 0.15) is 12.4 Å². The highest BCUT2D eigenvalue weighted by Crippen LogP contribution is 2.21. The molecule has 2 rings (SSSR count).